The maximum absolute atomic E-state index is 13.0. The molecule has 1 atom stereocenters. The van der Waals surface area contributed by atoms with E-state index < -0.39 is 0 Å². The molecule has 1 fully saturated rings. The Balaban J connectivity index is 0.00000261. The summed E-state index contributed by atoms with van der Waals surface area (Å²) in [4.78, 5) is 28.3. The molecule has 0 saturated carbocycles. The van der Waals surface area contributed by atoms with Crippen molar-refractivity contribution in [1.29, 1.82) is 0 Å². The number of carbonyl (C=O) groups is 2. The first-order valence-electron chi connectivity index (χ1n) is 8.68. The Bertz CT molecular complexity index is 763. The largest absolute Gasteiger partial charge is 0.339 e. The third-order valence-electron chi connectivity index (χ3n) is 4.63. The summed E-state index contributed by atoms with van der Waals surface area (Å²) in [5, 5.41) is 0. The van der Waals surface area contributed by atoms with Gasteiger partial charge in [0.15, 0.2) is 0 Å². The van der Waals surface area contributed by atoms with Gasteiger partial charge in [-0.15, -0.1) is 12.4 Å². The second-order valence-corrected chi connectivity index (χ2v) is 6.40. The highest BCUT2D eigenvalue weighted by atomic mass is 35.5. The van der Waals surface area contributed by atoms with E-state index in [0.29, 0.717) is 31.7 Å². The predicted molar refractivity (Wildman–Crippen MR) is 104 cm³/mol. The molecule has 27 heavy (non-hydrogen) atoms. The van der Waals surface area contributed by atoms with Crippen LogP contribution in [0.3, 0.4) is 0 Å². The average Bonchev–Trinajstić information content (AvgIpc) is 2.69. The van der Waals surface area contributed by atoms with E-state index in [9.17, 15) is 14.0 Å². The molecule has 5 nitrogen and oxygen atoms in total. The molecule has 1 unspecified atom stereocenters. The van der Waals surface area contributed by atoms with E-state index in [1.54, 1.807) is 9.80 Å². The van der Waals surface area contributed by atoms with Crippen LogP contribution in [0.1, 0.15) is 28.4 Å². The van der Waals surface area contributed by atoms with Crippen LogP contribution in [-0.4, -0.2) is 47.8 Å². The van der Waals surface area contributed by atoms with E-state index in [1.165, 1.54) is 24.3 Å². The predicted octanol–water partition coefficient (Wildman–Crippen LogP) is 2.62. The summed E-state index contributed by atoms with van der Waals surface area (Å²) in [6.07, 6.45) is 0.246. The van der Waals surface area contributed by atoms with Gasteiger partial charge in [-0.05, 0) is 29.8 Å². The van der Waals surface area contributed by atoms with Gasteiger partial charge in [-0.3, -0.25) is 9.59 Å². The van der Waals surface area contributed by atoms with Crippen LogP contribution in [0, 0.1) is 5.82 Å². The normalized spacial score (nSPS) is 15.0. The van der Waals surface area contributed by atoms with Crippen LogP contribution in [0.2, 0.25) is 0 Å². The van der Waals surface area contributed by atoms with Crippen molar-refractivity contribution in [3.8, 4) is 0 Å². The van der Waals surface area contributed by atoms with Crippen molar-refractivity contribution >= 4 is 24.2 Å². The van der Waals surface area contributed by atoms with Crippen LogP contribution in [0.25, 0.3) is 0 Å². The third-order valence-corrected chi connectivity index (χ3v) is 4.63. The van der Waals surface area contributed by atoms with Gasteiger partial charge in [0.1, 0.15) is 5.82 Å². The van der Waals surface area contributed by atoms with Crippen LogP contribution in [0.4, 0.5) is 4.39 Å². The van der Waals surface area contributed by atoms with Crippen molar-refractivity contribution in [1.82, 2.24) is 9.80 Å². The van der Waals surface area contributed by atoms with Gasteiger partial charge < -0.3 is 15.5 Å². The molecule has 2 amide bonds. The number of hydrogen-bond acceptors (Lipinski definition) is 3. The molecule has 1 heterocycles. The molecule has 3 rings (SSSR count). The second-order valence-electron chi connectivity index (χ2n) is 6.40. The van der Waals surface area contributed by atoms with Crippen LogP contribution >= 0.6 is 12.4 Å². The molecule has 0 spiro atoms. The lowest BCUT2D eigenvalue weighted by molar-refractivity contribution is -0.133. The smallest absolute Gasteiger partial charge is 0.253 e. The van der Waals surface area contributed by atoms with Gasteiger partial charge in [0, 0.05) is 44.2 Å². The molecule has 1 saturated heterocycles. The van der Waals surface area contributed by atoms with Crippen molar-refractivity contribution in [3.05, 3.63) is 71.5 Å². The van der Waals surface area contributed by atoms with E-state index in [-0.39, 0.29) is 42.5 Å². The Labute approximate surface area is 164 Å². The minimum atomic E-state index is -0.369. The quantitative estimate of drug-likeness (QED) is 0.871. The molecule has 0 aliphatic carbocycles. The van der Waals surface area contributed by atoms with Crippen molar-refractivity contribution in [2.75, 3.05) is 26.2 Å². The number of rotatable bonds is 4. The molecule has 0 radical (unpaired) electrons. The third kappa shape index (κ3) is 5.28. The number of nitrogens with zero attached hydrogens (tertiary/aromatic N) is 2. The molecule has 1 aliphatic heterocycles. The minimum absolute atomic E-state index is 0. The fourth-order valence-electron chi connectivity index (χ4n) is 3.07. The van der Waals surface area contributed by atoms with Crippen molar-refractivity contribution in [2.24, 2.45) is 5.73 Å². The standard InChI is InChI=1S/C20H22FN3O2.ClH/c21-17-8-6-16(7-9-17)20(26)24-12-10-23(11-13-24)19(25)14-18(22)15-4-2-1-3-5-15;/h1-9,18H,10-14,22H2;1H. The van der Waals surface area contributed by atoms with Gasteiger partial charge in [-0.25, -0.2) is 4.39 Å². The Morgan fingerprint density at radius 1 is 0.926 bits per heavy atom. The first-order valence-corrected chi connectivity index (χ1v) is 8.68. The monoisotopic (exact) mass is 391 g/mol. The van der Waals surface area contributed by atoms with Crippen LogP contribution < -0.4 is 5.73 Å². The fraction of sp³-hybridized carbons (Fsp3) is 0.300. The first-order chi connectivity index (χ1) is 12.5. The van der Waals surface area contributed by atoms with Gasteiger partial charge in [0.2, 0.25) is 5.91 Å². The van der Waals surface area contributed by atoms with Gasteiger partial charge in [0.05, 0.1) is 0 Å². The molecular formula is C20H23ClFN3O2. The van der Waals surface area contributed by atoms with Gasteiger partial charge in [-0.1, -0.05) is 30.3 Å². The van der Waals surface area contributed by atoms with Crippen LogP contribution in [0.15, 0.2) is 54.6 Å². The fourth-order valence-corrected chi connectivity index (χ4v) is 3.07. The van der Waals surface area contributed by atoms with Gasteiger partial charge in [0.25, 0.3) is 5.91 Å². The molecule has 2 aromatic rings. The molecule has 2 N–H and O–H groups in total. The number of nitrogens with two attached hydrogens (primary N) is 1. The number of amides is 2. The molecule has 2 aromatic carbocycles. The second kappa shape index (κ2) is 9.48. The van der Waals surface area contributed by atoms with E-state index in [0.717, 1.165) is 5.56 Å². The Morgan fingerprint density at radius 2 is 1.48 bits per heavy atom. The van der Waals surface area contributed by atoms with Crippen LogP contribution in [-0.2, 0) is 4.79 Å². The number of halogens is 2. The lowest BCUT2D eigenvalue weighted by atomic mass is 10.0. The van der Waals surface area contributed by atoms with Crippen molar-refractivity contribution in [3.63, 3.8) is 0 Å². The average molecular weight is 392 g/mol. The first kappa shape index (κ1) is 20.9. The Morgan fingerprint density at radius 3 is 2.07 bits per heavy atom. The zero-order valence-electron chi connectivity index (χ0n) is 14.9. The van der Waals surface area contributed by atoms with Crippen LogP contribution in [0.5, 0.6) is 0 Å². The number of hydrogen-bond donors (Lipinski definition) is 1. The molecule has 0 bridgehead atoms. The summed E-state index contributed by atoms with van der Waals surface area (Å²) in [5.41, 5.74) is 7.52. The van der Waals surface area contributed by atoms with E-state index >= 15 is 0 Å². The summed E-state index contributed by atoms with van der Waals surface area (Å²) < 4.78 is 13.0. The highest BCUT2D eigenvalue weighted by Crippen LogP contribution is 2.16. The molecular weight excluding hydrogens is 369 g/mol. The highest BCUT2D eigenvalue weighted by molar-refractivity contribution is 5.94. The molecule has 144 valence electrons. The van der Waals surface area contributed by atoms with Gasteiger partial charge >= 0.3 is 0 Å². The SMILES string of the molecule is Cl.NC(CC(=O)N1CCN(C(=O)c2ccc(F)cc2)CC1)c1ccccc1. The lowest BCUT2D eigenvalue weighted by Crippen LogP contribution is -2.51. The highest BCUT2D eigenvalue weighted by Gasteiger charge is 2.25. The van der Waals surface area contributed by atoms with E-state index in [4.69, 9.17) is 5.73 Å². The maximum Gasteiger partial charge on any atom is 0.253 e. The summed E-state index contributed by atoms with van der Waals surface area (Å²) in [5.74, 6) is -0.514. The molecule has 1 aliphatic rings. The Hall–Kier alpha value is -2.44. The molecule has 7 heteroatoms. The topological polar surface area (TPSA) is 66.6 Å². The zero-order chi connectivity index (χ0) is 18.5. The zero-order valence-corrected chi connectivity index (χ0v) is 15.7. The van der Waals surface area contributed by atoms with Crippen molar-refractivity contribution < 1.29 is 14.0 Å². The minimum Gasteiger partial charge on any atom is -0.339 e. The van der Waals surface area contributed by atoms with E-state index in [2.05, 4.69) is 0 Å². The number of piperazine rings is 1. The maximum atomic E-state index is 13.0. The van der Waals surface area contributed by atoms with Crippen molar-refractivity contribution in [2.45, 2.75) is 12.5 Å². The summed E-state index contributed by atoms with van der Waals surface area (Å²) in [6.45, 7) is 1.88. The summed E-state index contributed by atoms with van der Waals surface area (Å²) in [6, 6.07) is 14.7. The lowest BCUT2D eigenvalue weighted by Gasteiger charge is -2.35. The number of carbonyl (C=O) groups excluding carboxylic acids is 2. The summed E-state index contributed by atoms with van der Waals surface area (Å²) in [7, 11) is 0. The number of benzene rings is 2. The van der Waals surface area contributed by atoms with E-state index in [1.807, 2.05) is 30.3 Å². The molecule has 0 aromatic heterocycles. The Kier molecular flexibility index (Phi) is 7.33. The van der Waals surface area contributed by atoms with Gasteiger partial charge in [-0.2, -0.15) is 0 Å². The summed E-state index contributed by atoms with van der Waals surface area (Å²) >= 11 is 0.